The number of carbonyl (C=O) groups is 3. The third-order valence-corrected chi connectivity index (χ3v) is 9.48. The number of hydrogen-bond donors (Lipinski definition) is 0. The van der Waals surface area contributed by atoms with Crippen LogP contribution in [0.1, 0.15) is 96.2 Å². The molecule has 0 unspecified atom stereocenters. The molecule has 1 aliphatic rings. The van der Waals surface area contributed by atoms with E-state index in [2.05, 4.69) is 98.2 Å². The predicted molar refractivity (Wildman–Crippen MR) is 209 cm³/mol. The lowest BCUT2D eigenvalue weighted by Gasteiger charge is -2.25. The highest BCUT2D eigenvalue weighted by molar-refractivity contribution is 6.17. The second-order valence-electron chi connectivity index (χ2n) is 12.0. The molecule has 0 bridgehead atoms. The van der Waals surface area contributed by atoms with Crippen molar-refractivity contribution in [1.29, 1.82) is 0 Å². The monoisotopic (exact) mass is 682 g/mol. The van der Waals surface area contributed by atoms with Crippen LogP contribution in [0.15, 0.2) is 103 Å². The smallest absolute Gasteiger partial charge is 0.346 e. The normalized spacial score (nSPS) is 11.7. The molecule has 1 aliphatic heterocycles. The number of esters is 2. The summed E-state index contributed by atoms with van der Waals surface area (Å²) in [5.74, 6) is -0.578. The van der Waals surface area contributed by atoms with E-state index in [1.54, 1.807) is 11.0 Å². The van der Waals surface area contributed by atoms with Gasteiger partial charge >= 0.3 is 11.9 Å². The van der Waals surface area contributed by atoms with Crippen LogP contribution >= 0.6 is 0 Å². The van der Waals surface area contributed by atoms with Crippen LogP contribution in [0.4, 0.5) is 17.1 Å². The van der Waals surface area contributed by atoms with Gasteiger partial charge < -0.3 is 19.4 Å². The van der Waals surface area contributed by atoms with E-state index in [-0.39, 0.29) is 17.0 Å². The van der Waals surface area contributed by atoms with Crippen LogP contribution in [0, 0.1) is 5.92 Å². The molecule has 0 aromatic heterocycles. The van der Waals surface area contributed by atoms with Crippen molar-refractivity contribution in [1.82, 2.24) is 0 Å². The first-order valence-electron chi connectivity index (χ1n) is 18.2. The van der Waals surface area contributed by atoms with Gasteiger partial charge in [0.05, 0.1) is 39.4 Å². The average molecular weight is 683 g/mol. The molecule has 0 fully saturated rings. The highest BCUT2D eigenvalue weighted by Gasteiger charge is 2.32. The standard InChI is InChI=1S/C42H42N3O4.C2H6/c1-6-43(7-2)31-20-15-28(16-21-31)39(29-17-22-32(23-18-29)44(8-3)9-4)35-25-26-38(34-14-12-11-13-33(34)35)45(10-5)40(46)30-19-24-36-37(27-30)42(48)49-41(36)47;1-2/h11-27H,6-10H2,1-5H3;1-2H3/q+1;. The van der Waals surface area contributed by atoms with E-state index >= 15 is 0 Å². The Morgan fingerprint density at radius 3 is 1.61 bits per heavy atom. The molecule has 0 saturated carbocycles. The lowest BCUT2D eigenvalue weighted by molar-refractivity contribution is 0.0443. The third kappa shape index (κ3) is 7.20. The largest absolute Gasteiger partial charge is 0.386 e. The lowest BCUT2D eigenvalue weighted by atomic mass is 9.82. The molecule has 0 N–H and O–H groups in total. The number of anilines is 3. The second kappa shape index (κ2) is 16.4. The van der Waals surface area contributed by atoms with Crippen LogP contribution in [0.3, 0.4) is 0 Å². The van der Waals surface area contributed by atoms with Crippen molar-refractivity contribution < 1.29 is 19.1 Å². The number of amides is 1. The van der Waals surface area contributed by atoms with Gasteiger partial charge in [-0.3, -0.25) is 4.79 Å². The Kier molecular flexibility index (Phi) is 11.8. The molecule has 0 spiro atoms. The number of fused-ring (bicyclic) bond motifs is 2. The molecule has 0 radical (unpaired) electrons. The van der Waals surface area contributed by atoms with Crippen molar-refractivity contribution in [3.05, 3.63) is 142 Å². The molecule has 262 valence electrons. The van der Waals surface area contributed by atoms with Crippen LogP contribution in [-0.2, 0) is 4.74 Å². The van der Waals surface area contributed by atoms with E-state index in [1.165, 1.54) is 23.5 Å². The summed E-state index contributed by atoms with van der Waals surface area (Å²) in [6.07, 6.45) is 0. The molecule has 6 rings (SSSR count). The molecular formula is C44H48N3O4+. The van der Waals surface area contributed by atoms with Gasteiger partial charge in [-0.2, -0.15) is 0 Å². The summed E-state index contributed by atoms with van der Waals surface area (Å²) >= 11 is 0. The minimum Gasteiger partial charge on any atom is -0.386 e. The molecule has 5 aromatic carbocycles. The maximum atomic E-state index is 14.0. The Balaban J connectivity index is 0.00000248. The van der Waals surface area contributed by atoms with E-state index < -0.39 is 11.9 Å². The lowest BCUT2D eigenvalue weighted by Crippen LogP contribution is -2.31. The van der Waals surface area contributed by atoms with Gasteiger partial charge in [-0.05, 0) is 126 Å². The molecule has 7 heteroatoms. The number of hydrogen-bond acceptors (Lipinski definition) is 6. The topological polar surface area (TPSA) is 70.2 Å². The summed E-state index contributed by atoms with van der Waals surface area (Å²) in [6.45, 7) is 18.8. The van der Waals surface area contributed by atoms with Gasteiger partial charge in [-0.15, -0.1) is 0 Å². The first-order valence-corrected chi connectivity index (χ1v) is 18.2. The zero-order valence-corrected chi connectivity index (χ0v) is 30.8. The van der Waals surface area contributed by atoms with Gasteiger partial charge in [-0.25, -0.2) is 9.59 Å². The highest BCUT2D eigenvalue weighted by Crippen LogP contribution is 2.40. The summed E-state index contributed by atoms with van der Waals surface area (Å²) in [4.78, 5) is 44.7. The fourth-order valence-electron chi connectivity index (χ4n) is 6.87. The summed E-state index contributed by atoms with van der Waals surface area (Å²) < 4.78 is 4.75. The summed E-state index contributed by atoms with van der Waals surface area (Å²) in [7, 11) is 0. The van der Waals surface area contributed by atoms with Crippen LogP contribution < -0.4 is 14.7 Å². The maximum Gasteiger partial charge on any atom is 0.346 e. The Bertz CT molecular complexity index is 1940. The fourth-order valence-corrected chi connectivity index (χ4v) is 6.87. The number of cyclic esters (lactones) is 2. The maximum absolute atomic E-state index is 14.0. The van der Waals surface area contributed by atoms with Gasteiger partial charge in [0.25, 0.3) is 5.91 Å². The van der Waals surface area contributed by atoms with E-state index in [0.717, 1.165) is 65.2 Å². The van der Waals surface area contributed by atoms with Crippen molar-refractivity contribution in [3.8, 4) is 0 Å². The van der Waals surface area contributed by atoms with Crippen molar-refractivity contribution in [2.75, 3.05) is 47.4 Å². The zero-order chi connectivity index (χ0) is 36.7. The van der Waals surface area contributed by atoms with Crippen LogP contribution in [-0.4, -0.2) is 50.6 Å². The van der Waals surface area contributed by atoms with Gasteiger partial charge in [0.1, 0.15) is 0 Å². The molecular weight excluding hydrogens is 635 g/mol. The SMILES string of the molecule is CC.CCN(CC)c1ccc([C+](c2ccc(N(CC)CC)cc2)c2ccc(N(CC)C(=O)c3ccc4c(c3)C(=O)OC4=O)c3ccccc23)cc1. The number of carbonyl (C=O) groups excluding carboxylic acids is 3. The number of ether oxygens (including phenoxy) is 1. The summed E-state index contributed by atoms with van der Waals surface area (Å²) in [5.41, 5.74) is 7.02. The predicted octanol–water partition coefficient (Wildman–Crippen LogP) is 9.55. The Labute approximate surface area is 302 Å². The third-order valence-electron chi connectivity index (χ3n) is 9.48. The minimum absolute atomic E-state index is 0.116. The van der Waals surface area contributed by atoms with E-state index in [1.807, 2.05) is 45.0 Å². The molecule has 7 nitrogen and oxygen atoms in total. The highest BCUT2D eigenvalue weighted by atomic mass is 16.6. The molecule has 0 saturated heterocycles. The van der Waals surface area contributed by atoms with Gasteiger partial charge in [0.15, 0.2) is 0 Å². The van der Waals surface area contributed by atoms with Crippen LogP contribution in [0.2, 0.25) is 0 Å². The fraction of sp³-hybridized carbons (Fsp3) is 0.273. The summed E-state index contributed by atoms with van der Waals surface area (Å²) in [6, 6.07) is 34.4. The van der Waals surface area contributed by atoms with Crippen LogP contribution in [0.25, 0.3) is 10.8 Å². The first kappa shape index (κ1) is 36.7. The van der Waals surface area contributed by atoms with Crippen molar-refractivity contribution in [2.45, 2.75) is 48.5 Å². The molecule has 51 heavy (non-hydrogen) atoms. The molecule has 1 heterocycles. The van der Waals surface area contributed by atoms with Gasteiger partial charge in [0.2, 0.25) is 0 Å². The molecule has 1 amide bonds. The quantitative estimate of drug-likeness (QED) is 0.0565. The van der Waals surface area contributed by atoms with Gasteiger partial charge in [-0.1, -0.05) is 26.0 Å². The number of rotatable bonds is 12. The van der Waals surface area contributed by atoms with Crippen LogP contribution in [0.5, 0.6) is 0 Å². The number of nitrogens with zero attached hydrogens (tertiary/aromatic N) is 3. The Hall–Kier alpha value is -5.56. The minimum atomic E-state index is -0.731. The number of benzene rings is 5. The Morgan fingerprint density at radius 1 is 0.588 bits per heavy atom. The van der Waals surface area contributed by atoms with E-state index in [4.69, 9.17) is 4.74 Å². The van der Waals surface area contributed by atoms with E-state index in [0.29, 0.717) is 12.1 Å². The van der Waals surface area contributed by atoms with Crippen molar-refractivity contribution in [2.24, 2.45) is 0 Å². The average Bonchev–Trinajstić information content (AvgIpc) is 3.47. The molecule has 0 aliphatic carbocycles. The zero-order valence-electron chi connectivity index (χ0n) is 30.8. The van der Waals surface area contributed by atoms with Crippen molar-refractivity contribution >= 4 is 45.7 Å². The molecule has 5 aromatic rings. The second-order valence-corrected chi connectivity index (χ2v) is 12.0. The summed E-state index contributed by atoms with van der Waals surface area (Å²) in [5, 5.41) is 1.95. The van der Waals surface area contributed by atoms with Crippen molar-refractivity contribution in [3.63, 3.8) is 0 Å². The van der Waals surface area contributed by atoms with E-state index in [9.17, 15) is 14.4 Å². The first-order chi connectivity index (χ1) is 24.8. The Morgan fingerprint density at radius 2 is 1.10 bits per heavy atom. The molecule has 0 atom stereocenters. The van der Waals surface area contributed by atoms with Gasteiger partial charge in [0, 0.05) is 60.4 Å².